The lowest BCUT2D eigenvalue weighted by atomic mass is 9.85. The topological polar surface area (TPSA) is 65.5 Å². The predicted octanol–water partition coefficient (Wildman–Crippen LogP) is 3.19. The van der Waals surface area contributed by atoms with Crippen LogP contribution in [-0.2, 0) is 10.2 Å². The Bertz CT molecular complexity index is 591. The Kier molecular flexibility index (Phi) is 11.4. The van der Waals surface area contributed by atoms with E-state index >= 15 is 0 Å². The first-order chi connectivity index (χ1) is 11.7. The number of nitrogens with one attached hydrogen (secondary N) is 3. The molecule has 0 aliphatic heterocycles. The molecule has 1 aromatic carbocycles. The average molecular weight is 478 g/mol. The summed E-state index contributed by atoms with van der Waals surface area (Å²) in [5.41, 5.74) is 0.614. The van der Waals surface area contributed by atoms with Gasteiger partial charge in [0.2, 0.25) is 5.91 Å². The normalized spacial score (nSPS) is 11.7. The third-order valence-corrected chi connectivity index (χ3v) is 3.68. The monoisotopic (exact) mass is 478 g/mol. The van der Waals surface area contributed by atoms with Crippen LogP contribution in [0, 0.1) is 5.82 Å². The molecule has 5 nitrogen and oxygen atoms in total. The van der Waals surface area contributed by atoms with Gasteiger partial charge in [-0.25, -0.2) is 4.39 Å². The Hall–Kier alpha value is -1.38. The highest BCUT2D eigenvalue weighted by molar-refractivity contribution is 14.0. The van der Waals surface area contributed by atoms with Gasteiger partial charge < -0.3 is 16.0 Å². The maximum Gasteiger partial charge on any atom is 0.221 e. The standard InChI is InChI=1S/C19H31FN4O.HI/c1-6-21-18(22-11-10-17(25)24-14(2)3)23-13-19(4,5)15-8-7-9-16(20)12-15;/h7-9,12,14H,6,10-11,13H2,1-5H3,(H,24,25)(H2,21,22,23);1H. The van der Waals surface area contributed by atoms with Gasteiger partial charge in [0, 0.05) is 31.0 Å². The van der Waals surface area contributed by atoms with Crippen molar-refractivity contribution in [1.29, 1.82) is 0 Å². The molecule has 0 radical (unpaired) electrons. The Labute approximate surface area is 173 Å². The number of hydrogen-bond acceptors (Lipinski definition) is 2. The van der Waals surface area contributed by atoms with E-state index in [2.05, 4.69) is 20.9 Å². The highest BCUT2D eigenvalue weighted by Crippen LogP contribution is 2.24. The molecule has 0 aromatic heterocycles. The van der Waals surface area contributed by atoms with Gasteiger partial charge in [-0.3, -0.25) is 9.79 Å². The van der Waals surface area contributed by atoms with Gasteiger partial charge in [0.15, 0.2) is 5.96 Å². The number of hydrogen-bond donors (Lipinski definition) is 3. The minimum Gasteiger partial charge on any atom is -0.357 e. The van der Waals surface area contributed by atoms with Crippen molar-refractivity contribution in [2.75, 3.05) is 19.6 Å². The first-order valence-corrected chi connectivity index (χ1v) is 8.82. The van der Waals surface area contributed by atoms with E-state index in [1.54, 1.807) is 12.1 Å². The summed E-state index contributed by atoms with van der Waals surface area (Å²) in [6.07, 6.45) is 0.385. The summed E-state index contributed by atoms with van der Waals surface area (Å²) in [5, 5.41) is 9.19. The second kappa shape index (κ2) is 12.1. The fraction of sp³-hybridized carbons (Fsp3) is 0.579. The minimum absolute atomic E-state index is 0. The van der Waals surface area contributed by atoms with E-state index in [4.69, 9.17) is 0 Å². The van der Waals surface area contributed by atoms with Crippen molar-refractivity contribution in [3.8, 4) is 0 Å². The van der Waals surface area contributed by atoms with E-state index in [1.165, 1.54) is 6.07 Å². The number of nitrogens with zero attached hydrogens (tertiary/aromatic N) is 1. The van der Waals surface area contributed by atoms with Crippen molar-refractivity contribution >= 4 is 35.8 Å². The van der Waals surface area contributed by atoms with Crippen molar-refractivity contribution < 1.29 is 9.18 Å². The molecule has 0 aliphatic rings. The van der Waals surface area contributed by atoms with Crippen LogP contribution in [0.5, 0.6) is 0 Å². The summed E-state index contributed by atoms with van der Waals surface area (Å²) in [7, 11) is 0. The number of guanidine groups is 1. The molecule has 3 N–H and O–H groups in total. The van der Waals surface area contributed by atoms with Gasteiger partial charge in [0.05, 0.1) is 6.54 Å². The summed E-state index contributed by atoms with van der Waals surface area (Å²) < 4.78 is 13.5. The lowest BCUT2D eigenvalue weighted by Gasteiger charge is -2.24. The van der Waals surface area contributed by atoms with Gasteiger partial charge in [0.25, 0.3) is 0 Å². The van der Waals surface area contributed by atoms with E-state index in [0.29, 0.717) is 25.5 Å². The van der Waals surface area contributed by atoms with Crippen molar-refractivity contribution in [2.24, 2.45) is 4.99 Å². The summed E-state index contributed by atoms with van der Waals surface area (Å²) in [6, 6.07) is 6.76. The number of carbonyl (C=O) groups is 1. The van der Waals surface area contributed by atoms with Gasteiger partial charge in [-0.05, 0) is 38.5 Å². The van der Waals surface area contributed by atoms with Crippen molar-refractivity contribution in [1.82, 2.24) is 16.0 Å². The SMILES string of the molecule is CCNC(=NCC(C)(C)c1cccc(F)c1)NCCC(=O)NC(C)C.I. The van der Waals surface area contributed by atoms with Crippen LogP contribution < -0.4 is 16.0 Å². The van der Waals surface area contributed by atoms with Gasteiger partial charge in [-0.2, -0.15) is 0 Å². The largest absolute Gasteiger partial charge is 0.357 e. The van der Waals surface area contributed by atoms with E-state index < -0.39 is 0 Å². The van der Waals surface area contributed by atoms with Crippen LogP contribution in [0.15, 0.2) is 29.3 Å². The third-order valence-electron chi connectivity index (χ3n) is 3.68. The third kappa shape index (κ3) is 9.35. The molecular formula is C19H32FIN4O. The summed E-state index contributed by atoms with van der Waals surface area (Å²) in [4.78, 5) is 16.3. The van der Waals surface area contributed by atoms with Crippen molar-refractivity contribution in [3.05, 3.63) is 35.6 Å². The highest BCUT2D eigenvalue weighted by Gasteiger charge is 2.21. The molecule has 0 spiro atoms. The smallest absolute Gasteiger partial charge is 0.221 e. The molecule has 0 unspecified atom stereocenters. The van der Waals surface area contributed by atoms with E-state index in [1.807, 2.05) is 40.7 Å². The van der Waals surface area contributed by atoms with Gasteiger partial charge in [-0.1, -0.05) is 26.0 Å². The molecule has 0 saturated carbocycles. The molecule has 0 aliphatic carbocycles. The molecule has 0 atom stereocenters. The predicted molar refractivity (Wildman–Crippen MR) is 117 cm³/mol. The lowest BCUT2D eigenvalue weighted by Crippen LogP contribution is -2.40. The molecule has 0 heterocycles. The van der Waals surface area contributed by atoms with Crippen molar-refractivity contribution in [2.45, 2.75) is 52.5 Å². The zero-order chi connectivity index (χ0) is 18.9. The van der Waals surface area contributed by atoms with Crippen LogP contribution in [0.1, 0.15) is 46.6 Å². The van der Waals surface area contributed by atoms with Crippen LogP contribution >= 0.6 is 24.0 Å². The molecule has 0 fully saturated rings. The van der Waals surface area contributed by atoms with E-state index in [9.17, 15) is 9.18 Å². The Balaban J connectivity index is 0.00000625. The van der Waals surface area contributed by atoms with Gasteiger partial charge in [0.1, 0.15) is 5.82 Å². The Morgan fingerprint density at radius 2 is 1.96 bits per heavy atom. The fourth-order valence-corrected chi connectivity index (χ4v) is 2.31. The summed E-state index contributed by atoms with van der Waals surface area (Å²) >= 11 is 0. The zero-order valence-electron chi connectivity index (χ0n) is 16.4. The molecule has 1 aromatic rings. The Morgan fingerprint density at radius 1 is 1.27 bits per heavy atom. The molecule has 0 saturated heterocycles. The second-order valence-electron chi connectivity index (χ2n) is 6.99. The number of carbonyl (C=O) groups excluding carboxylic acids is 1. The molecule has 148 valence electrons. The van der Waals surface area contributed by atoms with E-state index in [-0.39, 0.29) is 47.2 Å². The average Bonchev–Trinajstić information content (AvgIpc) is 2.52. The van der Waals surface area contributed by atoms with Gasteiger partial charge in [-0.15, -0.1) is 24.0 Å². The maximum absolute atomic E-state index is 13.5. The Morgan fingerprint density at radius 3 is 2.54 bits per heavy atom. The van der Waals surface area contributed by atoms with Crippen LogP contribution in [0.25, 0.3) is 0 Å². The highest BCUT2D eigenvalue weighted by atomic mass is 127. The summed E-state index contributed by atoms with van der Waals surface area (Å²) in [5.74, 6) is 0.429. The fourth-order valence-electron chi connectivity index (χ4n) is 2.31. The molecule has 26 heavy (non-hydrogen) atoms. The number of amides is 1. The number of halogens is 2. The molecular weight excluding hydrogens is 446 g/mol. The van der Waals surface area contributed by atoms with Crippen LogP contribution in [0.3, 0.4) is 0 Å². The lowest BCUT2D eigenvalue weighted by molar-refractivity contribution is -0.121. The number of rotatable bonds is 8. The molecule has 0 bridgehead atoms. The first-order valence-electron chi connectivity index (χ1n) is 8.82. The molecule has 1 amide bonds. The number of aliphatic imine (C=N–C) groups is 1. The van der Waals surface area contributed by atoms with E-state index in [0.717, 1.165) is 12.1 Å². The van der Waals surface area contributed by atoms with Crippen LogP contribution in [0.4, 0.5) is 4.39 Å². The maximum atomic E-state index is 13.5. The molecule has 7 heteroatoms. The molecule has 1 rings (SSSR count). The van der Waals surface area contributed by atoms with Gasteiger partial charge >= 0.3 is 0 Å². The quantitative estimate of drug-likeness (QED) is 0.306. The van der Waals surface area contributed by atoms with Crippen molar-refractivity contribution in [3.63, 3.8) is 0 Å². The van der Waals surface area contributed by atoms with Crippen LogP contribution in [0.2, 0.25) is 0 Å². The summed E-state index contributed by atoms with van der Waals surface area (Å²) in [6.45, 7) is 11.7. The second-order valence-corrected chi connectivity index (χ2v) is 6.99. The zero-order valence-corrected chi connectivity index (χ0v) is 18.7. The minimum atomic E-state index is -0.292. The van der Waals surface area contributed by atoms with Crippen LogP contribution in [-0.4, -0.2) is 37.5 Å². The first kappa shape index (κ1) is 24.6. The number of benzene rings is 1.